The van der Waals surface area contributed by atoms with Gasteiger partial charge in [0, 0.05) is 16.9 Å². The maximum absolute atomic E-state index is 11.2. The summed E-state index contributed by atoms with van der Waals surface area (Å²) in [5.41, 5.74) is 10.1. The zero-order valence-electron chi connectivity index (χ0n) is 13.4. The van der Waals surface area contributed by atoms with Gasteiger partial charge in [-0.3, -0.25) is 4.57 Å². The van der Waals surface area contributed by atoms with Gasteiger partial charge in [-0.1, -0.05) is 18.2 Å². The Morgan fingerprint density at radius 3 is 2.62 bits per heavy atom. The summed E-state index contributed by atoms with van der Waals surface area (Å²) in [5.74, 6) is 0.551. The molecule has 0 bridgehead atoms. The number of thiazole rings is 1. The van der Waals surface area contributed by atoms with Crippen molar-refractivity contribution in [3.63, 3.8) is 0 Å². The molecule has 0 unspecified atom stereocenters. The molecule has 0 fully saturated rings. The Morgan fingerprint density at radius 2 is 1.92 bits per heavy atom. The van der Waals surface area contributed by atoms with Gasteiger partial charge in [0.2, 0.25) is 0 Å². The predicted octanol–water partition coefficient (Wildman–Crippen LogP) is 3.18. The molecular formula is C17H15N2O5PS. The lowest BCUT2D eigenvalue weighted by Gasteiger charge is -2.15. The number of fused-ring (bicyclic) bond motifs is 3. The van der Waals surface area contributed by atoms with Crippen molar-refractivity contribution in [1.29, 1.82) is 0 Å². The third-order valence-electron chi connectivity index (χ3n) is 4.13. The van der Waals surface area contributed by atoms with Crippen LogP contribution in [0.2, 0.25) is 0 Å². The second-order valence-corrected chi connectivity index (χ2v) is 8.65. The molecule has 1 heterocycles. The van der Waals surface area contributed by atoms with Gasteiger partial charge in [-0.2, -0.15) is 0 Å². The van der Waals surface area contributed by atoms with Crippen LogP contribution >= 0.6 is 18.9 Å². The highest BCUT2D eigenvalue weighted by Crippen LogP contribution is 2.49. The number of nitrogens with zero attached hydrogens (tertiary/aromatic N) is 1. The average Bonchev–Trinajstić information content (AvgIpc) is 3.09. The lowest BCUT2D eigenvalue weighted by molar-refractivity contribution is 0.301. The van der Waals surface area contributed by atoms with E-state index in [4.69, 9.17) is 20.3 Å². The van der Waals surface area contributed by atoms with Crippen LogP contribution in [-0.2, 0) is 11.0 Å². The van der Waals surface area contributed by atoms with E-state index in [1.54, 1.807) is 18.2 Å². The van der Waals surface area contributed by atoms with Crippen molar-refractivity contribution in [3.05, 3.63) is 46.8 Å². The molecule has 26 heavy (non-hydrogen) atoms. The summed E-state index contributed by atoms with van der Waals surface area (Å²) in [4.78, 5) is 23.6. The fourth-order valence-electron chi connectivity index (χ4n) is 3.10. The van der Waals surface area contributed by atoms with Crippen LogP contribution in [0.4, 0.5) is 5.13 Å². The second-order valence-electron chi connectivity index (χ2n) is 5.95. The molecule has 7 nitrogen and oxygen atoms in total. The van der Waals surface area contributed by atoms with Gasteiger partial charge in [-0.25, -0.2) is 4.98 Å². The van der Waals surface area contributed by atoms with Gasteiger partial charge in [0.1, 0.15) is 11.5 Å². The van der Waals surface area contributed by atoms with Gasteiger partial charge >= 0.3 is 7.60 Å². The molecule has 9 heteroatoms. The zero-order chi connectivity index (χ0) is 18.5. The maximum Gasteiger partial charge on any atom is 0.362 e. The van der Waals surface area contributed by atoms with E-state index in [0.29, 0.717) is 28.6 Å². The summed E-state index contributed by atoms with van der Waals surface area (Å²) in [5, 5.41) is 9.95. The number of rotatable bonds is 4. The summed E-state index contributed by atoms with van der Waals surface area (Å²) in [6.07, 6.45) is -0.0875. The molecular weight excluding hydrogens is 375 g/mol. The molecule has 2 aromatic carbocycles. The molecule has 4 rings (SSSR count). The summed E-state index contributed by atoms with van der Waals surface area (Å²) in [7, 11) is -4.30. The lowest BCUT2D eigenvalue weighted by Crippen LogP contribution is -2.01. The molecule has 1 aliphatic carbocycles. The third kappa shape index (κ3) is 3.08. The second kappa shape index (κ2) is 6.10. The van der Waals surface area contributed by atoms with E-state index >= 15 is 0 Å². The van der Waals surface area contributed by atoms with E-state index in [-0.39, 0.29) is 5.75 Å². The van der Waals surface area contributed by atoms with Crippen molar-refractivity contribution in [2.75, 3.05) is 12.1 Å². The minimum absolute atomic E-state index is 0.181. The highest BCUT2D eigenvalue weighted by Gasteiger charge is 2.30. The molecule has 0 spiro atoms. The Hall–Kier alpha value is -2.38. The third-order valence-corrected chi connectivity index (χ3v) is 5.48. The van der Waals surface area contributed by atoms with E-state index in [0.717, 1.165) is 21.6 Å². The van der Waals surface area contributed by atoms with Crippen molar-refractivity contribution in [2.45, 2.75) is 6.42 Å². The molecule has 0 saturated heterocycles. The molecule has 1 aliphatic rings. The van der Waals surface area contributed by atoms with E-state index < -0.39 is 13.9 Å². The average molecular weight is 390 g/mol. The van der Waals surface area contributed by atoms with Crippen molar-refractivity contribution in [3.8, 4) is 33.9 Å². The molecule has 0 aliphatic heterocycles. The maximum atomic E-state index is 11.2. The molecule has 0 saturated carbocycles. The Balaban J connectivity index is 1.85. The Kier molecular flexibility index (Phi) is 4.00. The van der Waals surface area contributed by atoms with E-state index in [1.165, 1.54) is 11.3 Å². The smallest absolute Gasteiger partial charge is 0.362 e. The standard InChI is InChI=1S/C17H15N2O5PS/c18-17-19-16-14(26-17)7-12-11(9-1-3-10(20)4-2-9)5-6-13(15(12)16)24-8-25(21,22)23/h1-6,20H,7-8H2,(H2,18,19)(H2,21,22,23). The van der Waals surface area contributed by atoms with Crippen LogP contribution in [-0.4, -0.2) is 26.2 Å². The number of nitrogens with two attached hydrogens (primary N) is 1. The van der Waals surface area contributed by atoms with Gasteiger partial charge < -0.3 is 25.4 Å². The Morgan fingerprint density at radius 1 is 1.19 bits per heavy atom. The number of aromatic nitrogens is 1. The highest BCUT2D eigenvalue weighted by atomic mass is 32.1. The number of ether oxygens (including phenoxy) is 1. The van der Waals surface area contributed by atoms with Crippen molar-refractivity contribution < 1.29 is 24.2 Å². The lowest BCUT2D eigenvalue weighted by atomic mass is 9.95. The first-order valence-corrected chi connectivity index (χ1v) is 10.3. The topological polar surface area (TPSA) is 126 Å². The predicted molar refractivity (Wildman–Crippen MR) is 99.4 cm³/mol. The number of phenolic OH excluding ortho intramolecular Hbond substituents is 1. The Labute approximate surface area is 152 Å². The Bertz CT molecular complexity index is 1040. The minimum Gasteiger partial charge on any atom is -0.508 e. The monoisotopic (exact) mass is 390 g/mol. The van der Waals surface area contributed by atoms with Crippen LogP contribution in [0.5, 0.6) is 11.5 Å². The van der Waals surface area contributed by atoms with Crippen LogP contribution in [0.1, 0.15) is 10.4 Å². The summed E-state index contributed by atoms with van der Waals surface area (Å²) in [6, 6.07) is 10.4. The quantitative estimate of drug-likeness (QED) is 0.394. The van der Waals surface area contributed by atoms with Gasteiger partial charge in [-0.15, -0.1) is 11.3 Å². The number of phenols is 1. The number of anilines is 1. The van der Waals surface area contributed by atoms with Crippen molar-refractivity contribution in [2.24, 2.45) is 0 Å². The number of hydrogen-bond acceptors (Lipinski definition) is 6. The van der Waals surface area contributed by atoms with E-state index in [2.05, 4.69) is 4.98 Å². The van der Waals surface area contributed by atoms with Crippen molar-refractivity contribution in [1.82, 2.24) is 4.98 Å². The molecule has 134 valence electrons. The SMILES string of the molecule is Nc1nc2c(s1)Cc1c(-c3ccc(O)cc3)ccc(OCP(=O)(O)O)c1-2. The van der Waals surface area contributed by atoms with E-state index in [9.17, 15) is 9.67 Å². The van der Waals surface area contributed by atoms with Crippen LogP contribution in [0, 0.1) is 0 Å². The first kappa shape index (κ1) is 17.1. The number of nitrogen functional groups attached to an aromatic ring is 1. The number of aromatic hydroxyl groups is 1. The molecule has 0 radical (unpaired) electrons. The fraction of sp³-hybridized carbons (Fsp3) is 0.118. The van der Waals surface area contributed by atoms with Crippen molar-refractivity contribution >= 4 is 24.1 Å². The molecule has 5 N–H and O–H groups in total. The normalized spacial score (nSPS) is 12.7. The molecule has 0 atom stereocenters. The van der Waals surface area contributed by atoms with E-state index in [1.807, 2.05) is 18.2 Å². The first-order valence-electron chi connectivity index (χ1n) is 7.70. The number of benzene rings is 2. The van der Waals surface area contributed by atoms with Crippen LogP contribution in [0.15, 0.2) is 36.4 Å². The van der Waals surface area contributed by atoms with Crippen LogP contribution in [0.25, 0.3) is 22.4 Å². The highest BCUT2D eigenvalue weighted by molar-refractivity contribution is 7.51. The molecule has 0 amide bonds. The molecule has 3 aromatic rings. The summed E-state index contributed by atoms with van der Waals surface area (Å²) < 4.78 is 16.6. The van der Waals surface area contributed by atoms with Crippen LogP contribution in [0.3, 0.4) is 0 Å². The minimum atomic E-state index is -4.30. The van der Waals surface area contributed by atoms with Gasteiger partial charge in [0.25, 0.3) is 0 Å². The van der Waals surface area contributed by atoms with Gasteiger partial charge in [-0.05, 0) is 34.9 Å². The first-order chi connectivity index (χ1) is 12.3. The van der Waals surface area contributed by atoms with Gasteiger partial charge in [0.15, 0.2) is 11.5 Å². The zero-order valence-corrected chi connectivity index (χ0v) is 15.1. The summed E-state index contributed by atoms with van der Waals surface area (Å²) >= 11 is 1.39. The number of hydrogen-bond donors (Lipinski definition) is 4. The molecule has 1 aromatic heterocycles. The fourth-order valence-corrected chi connectivity index (χ4v) is 4.26. The van der Waals surface area contributed by atoms with Crippen LogP contribution < -0.4 is 10.5 Å². The largest absolute Gasteiger partial charge is 0.508 e. The van der Waals surface area contributed by atoms with Gasteiger partial charge in [0.05, 0.1) is 5.69 Å². The summed E-state index contributed by atoms with van der Waals surface area (Å²) in [6.45, 7) is 0.